The summed E-state index contributed by atoms with van der Waals surface area (Å²) in [7, 11) is -3.73. The molecule has 0 unspecified atom stereocenters. The summed E-state index contributed by atoms with van der Waals surface area (Å²) in [5, 5.41) is 3.56. The SMILES string of the molecule is Cc1cc(NS(=O)(=O)c2ccc(N=C(N)N)cc2)no1. The molecule has 0 atom stereocenters. The van der Waals surface area contributed by atoms with Gasteiger partial charge in [0.1, 0.15) is 5.76 Å². The lowest BCUT2D eigenvalue weighted by Gasteiger charge is -2.04. The third-order valence-corrected chi connectivity index (χ3v) is 3.64. The summed E-state index contributed by atoms with van der Waals surface area (Å²) in [6.07, 6.45) is 0. The monoisotopic (exact) mass is 295 g/mol. The Morgan fingerprint density at radius 3 is 2.45 bits per heavy atom. The minimum atomic E-state index is -3.73. The summed E-state index contributed by atoms with van der Waals surface area (Å²) in [5.41, 5.74) is 10.9. The van der Waals surface area contributed by atoms with Crippen molar-refractivity contribution in [2.45, 2.75) is 11.8 Å². The van der Waals surface area contributed by atoms with Gasteiger partial charge in [0.2, 0.25) is 0 Å². The number of benzene rings is 1. The van der Waals surface area contributed by atoms with Gasteiger partial charge in [0.25, 0.3) is 10.0 Å². The van der Waals surface area contributed by atoms with Gasteiger partial charge in [-0.25, -0.2) is 13.4 Å². The molecule has 0 aliphatic carbocycles. The van der Waals surface area contributed by atoms with Crippen LogP contribution in [0, 0.1) is 6.92 Å². The van der Waals surface area contributed by atoms with E-state index in [-0.39, 0.29) is 16.7 Å². The van der Waals surface area contributed by atoms with Crippen LogP contribution < -0.4 is 16.2 Å². The maximum Gasteiger partial charge on any atom is 0.263 e. The molecule has 0 bridgehead atoms. The van der Waals surface area contributed by atoms with Crippen LogP contribution in [0.1, 0.15) is 5.76 Å². The van der Waals surface area contributed by atoms with Crippen molar-refractivity contribution < 1.29 is 12.9 Å². The fraction of sp³-hybridized carbons (Fsp3) is 0.0909. The maximum absolute atomic E-state index is 12.1. The van der Waals surface area contributed by atoms with E-state index in [4.69, 9.17) is 16.0 Å². The highest BCUT2D eigenvalue weighted by Crippen LogP contribution is 2.19. The highest BCUT2D eigenvalue weighted by molar-refractivity contribution is 7.92. The highest BCUT2D eigenvalue weighted by atomic mass is 32.2. The van der Waals surface area contributed by atoms with Gasteiger partial charge in [-0.15, -0.1) is 0 Å². The van der Waals surface area contributed by atoms with Crippen molar-refractivity contribution in [3.63, 3.8) is 0 Å². The molecule has 2 aromatic rings. The number of nitrogens with one attached hydrogen (secondary N) is 1. The van der Waals surface area contributed by atoms with Gasteiger partial charge in [-0.3, -0.25) is 4.72 Å². The predicted molar refractivity (Wildman–Crippen MR) is 74.0 cm³/mol. The van der Waals surface area contributed by atoms with Gasteiger partial charge >= 0.3 is 0 Å². The molecule has 2 rings (SSSR count). The Bertz CT molecular complexity index is 730. The molecule has 1 heterocycles. The van der Waals surface area contributed by atoms with E-state index in [0.717, 1.165) is 0 Å². The first-order valence-electron chi connectivity index (χ1n) is 5.53. The average molecular weight is 295 g/mol. The molecule has 0 fully saturated rings. The molecule has 9 heteroatoms. The normalized spacial score (nSPS) is 11.1. The third kappa shape index (κ3) is 3.26. The Labute approximate surface area is 115 Å². The summed E-state index contributed by atoms with van der Waals surface area (Å²) in [6, 6.07) is 7.23. The Morgan fingerprint density at radius 1 is 1.30 bits per heavy atom. The molecule has 1 aromatic heterocycles. The van der Waals surface area contributed by atoms with Crippen LogP contribution in [0.25, 0.3) is 0 Å². The number of aliphatic imine (C=N–C) groups is 1. The first-order valence-corrected chi connectivity index (χ1v) is 7.01. The Balaban J connectivity index is 2.23. The third-order valence-electron chi connectivity index (χ3n) is 2.27. The first kappa shape index (κ1) is 13.9. The lowest BCUT2D eigenvalue weighted by Crippen LogP contribution is -2.21. The summed E-state index contributed by atoms with van der Waals surface area (Å²) in [4.78, 5) is 3.86. The van der Waals surface area contributed by atoms with E-state index < -0.39 is 10.0 Å². The van der Waals surface area contributed by atoms with E-state index >= 15 is 0 Å². The minimum Gasteiger partial charge on any atom is -0.370 e. The number of aromatic nitrogens is 1. The molecule has 1 aromatic carbocycles. The summed E-state index contributed by atoms with van der Waals surface area (Å²) in [6.45, 7) is 1.66. The number of guanidine groups is 1. The number of nitrogens with two attached hydrogens (primary N) is 2. The van der Waals surface area contributed by atoms with Crippen LogP contribution in [0.2, 0.25) is 0 Å². The van der Waals surface area contributed by atoms with Gasteiger partial charge in [0.15, 0.2) is 11.8 Å². The molecule has 0 amide bonds. The lowest BCUT2D eigenvalue weighted by molar-refractivity contribution is 0.400. The number of sulfonamides is 1. The summed E-state index contributed by atoms with van der Waals surface area (Å²) >= 11 is 0. The average Bonchev–Trinajstić information content (AvgIpc) is 2.74. The molecule has 5 N–H and O–H groups in total. The van der Waals surface area contributed by atoms with Crippen molar-refractivity contribution in [2.75, 3.05) is 4.72 Å². The van der Waals surface area contributed by atoms with Gasteiger partial charge in [0, 0.05) is 6.07 Å². The van der Waals surface area contributed by atoms with Crippen LogP contribution in [0.5, 0.6) is 0 Å². The van der Waals surface area contributed by atoms with Crippen molar-refractivity contribution >= 4 is 27.5 Å². The maximum atomic E-state index is 12.1. The molecular formula is C11H13N5O3S. The van der Waals surface area contributed by atoms with E-state index in [1.54, 1.807) is 6.92 Å². The Hall–Kier alpha value is -2.55. The number of aryl methyl sites for hydroxylation is 1. The molecule has 106 valence electrons. The Morgan fingerprint density at radius 2 is 1.95 bits per heavy atom. The zero-order valence-corrected chi connectivity index (χ0v) is 11.4. The second-order valence-corrected chi connectivity index (χ2v) is 5.64. The van der Waals surface area contributed by atoms with Crippen LogP contribution in [0.4, 0.5) is 11.5 Å². The van der Waals surface area contributed by atoms with Crippen LogP contribution >= 0.6 is 0 Å². The zero-order chi connectivity index (χ0) is 14.8. The number of hydrogen-bond acceptors (Lipinski definition) is 5. The molecule has 8 nitrogen and oxygen atoms in total. The zero-order valence-electron chi connectivity index (χ0n) is 10.6. The molecule has 0 saturated heterocycles. The highest BCUT2D eigenvalue weighted by Gasteiger charge is 2.15. The number of anilines is 1. The van der Waals surface area contributed by atoms with Gasteiger partial charge in [-0.05, 0) is 31.2 Å². The Kier molecular flexibility index (Phi) is 3.61. The topological polar surface area (TPSA) is 137 Å². The van der Waals surface area contributed by atoms with Gasteiger partial charge in [-0.2, -0.15) is 0 Å². The number of hydrogen-bond donors (Lipinski definition) is 3. The summed E-state index contributed by atoms with van der Waals surface area (Å²) < 4.78 is 31.2. The van der Waals surface area contributed by atoms with Gasteiger partial charge in [-0.1, -0.05) is 5.16 Å². The molecule has 0 spiro atoms. The van der Waals surface area contributed by atoms with Crippen molar-refractivity contribution in [1.29, 1.82) is 0 Å². The first-order chi connectivity index (χ1) is 9.37. The van der Waals surface area contributed by atoms with E-state index in [2.05, 4.69) is 14.9 Å². The quantitative estimate of drug-likeness (QED) is 0.560. The minimum absolute atomic E-state index is 0.0627. The van der Waals surface area contributed by atoms with Crippen molar-refractivity contribution in [2.24, 2.45) is 16.5 Å². The molecule has 0 aliphatic heterocycles. The number of nitrogens with zero attached hydrogens (tertiary/aromatic N) is 2. The van der Waals surface area contributed by atoms with Crippen molar-refractivity contribution in [3.8, 4) is 0 Å². The van der Waals surface area contributed by atoms with Crippen molar-refractivity contribution in [1.82, 2.24) is 5.16 Å². The fourth-order valence-corrected chi connectivity index (χ4v) is 2.44. The largest absolute Gasteiger partial charge is 0.370 e. The van der Waals surface area contributed by atoms with Gasteiger partial charge < -0.3 is 16.0 Å². The molecule has 0 aliphatic rings. The summed E-state index contributed by atoms with van der Waals surface area (Å²) in [5.74, 6) is 0.526. The van der Waals surface area contributed by atoms with Gasteiger partial charge in [0.05, 0.1) is 10.6 Å². The van der Waals surface area contributed by atoms with E-state index in [0.29, 0.717) is 11.4 Å². The number of rotatable bonds is 4. The second kappa shape index (κ2) is 5.21. The van der Waals surface area contributed by atoms with E-state index in [1.807, 2.05) is 0 Å². The van der Waals surface area contributed by atoms with E-state index in [9.17, 15) is 8.42 Å². The fourth-order valence-electron chi connectivity index (χ4n) is 1.46. The standard InChI is InChI=1S/C11H13N5O3S/c1-7-6-10(15-19-7)16-20(17,18)9-4-2-8(3-5-9)14-11(12)13/h2-6H,1H3,(H,15,16)(H4,12,13,14). The van der Waals surface area contributed by atoms with Crippen LogP contribution in [0.15, 0.2) is 44.7 Å². The van der Waals surface area contributed by atoms with Crippen LogP contribution in [0.3, 0.4) is 0 Å². The lowest BCUT2D eigenvalue weighted by atomic mass is 10.3. The van der Waals surface area contributed by atoms with E-state index in [1.165, 1.54) is 30.3 Å². The second-order valence-electron chi connectivity index (χ2n) is 3.96. The molecular weight excluding hydrogens is 282 g/mol. The molecule has 0 saturated carbocycles. The molecule has 20 heavy (non-hydrogen) atoms. The van der Waals surface area contributed by atoms with Crippen molar-refractivity contribution in [3.05, 3.63) is 36.1 Å². The van der Waals surface area contributed by atoms with Crippen LogP contribution in [-0.4, -0.2) is 19.5 Å². The van der Waals surface area contributed by atoms with Crippen LogP contribution in [-0.2, 0) is 10.0 Å². The predicted octanol–water partition coefficient (Wildman–Crippen LogP) is 0.689. The molecule has 0 radical (unpaired) electrons. The smallest absolute Gasteiger partial charge is 0.263 e.